The zero-order valence-corrected chi connectivity index (χ0v) is 10.2. The Kier molecular flexibility index (Phi) is 3.49. The van der Waals surface area contributed by atoms with E-state index >= 15 is 0 Å². The van der Waals surface area contributed by atoms with Gasteiger partial charge in [0.1, 0.15) is 17.5 Å². The summed E-state index contributed by atoms with van der Waals surface area (Å²) in [6.45, 7) is 2.36. The molecule has 4 heteroatoms. The maximum Gasteiger partial charge on any atom is 0.135 e. The van der Waals surface area contributed by atoms with Gasteiger partial charge in [0, 0.05) is 17.4 Å². The van der Waals surface area contributed by atoms with E-state index in [9.17, 15) is 0 Å². The minimum atomic E-state index is 0.400. The smallest absolute Gasteiger partial charge is 0.135 e. The summed E-state index contributed by atoms with van der Waals surface area (Å²) in [7, 11) is 0. The lowest BCUT2D eigenvalue weighted by molar-refractivity contribution is 0.304. The molecule has 88 valence electrons. The second-order valence-corrected chi connectivity index (χ2v) is 4.12. The van der Waals surface area contributed by atoms with E-state index in [0.29, 0.717) is 11.8 Å². The number of anilines is 1. The van der Waals surface area contributed by atoms with Crippen LogP contribution in [0.2, 0.25) is 5.15 Å². The van der Waals surface area contributed by atoms with Gasteiger partial charge in [0.15, 0.2) is 0 Å². The monoisotopic (exact) mass is 248 g/mol. The fraction of sp³-hybridized carbons (Fsp3) is 0.154. The molecule has 0 spiro atoms. The van der Waals surface area contributed by atoms with Crippen LogP contribution in [0.25, 0.3) is 0 Å². The number of aromatic nitrogens is 1. The largest absolute Gasteiger partial charge is 0.489 e. The van der Waals surface area contributed by atoms with Crippen molar-refractivity contribution in [3.63, 3.8) is 0 Å². The molecule has 1 heterocycles. The third-order valence-electron chi connectivity index (χ3n) is 2.42. The van der Waals surface area contributed by atoms with Crippen molar-refractivity contribution in [3.8, 4) is 5.75 Å². The highest BCUT2D eigenvalue weighted by Crippen LogP contribution is 2.22. The van der Waals surface area contributed by atoms with E-state index in [1.54, 1.807) is 6.20 Å². The average Bonchev–Trinajstić information content (AvgIpc) is 2.30. The van der Waals surface area contributed by atoms with E-state index in [1.807, 2.05) is 37.3 Å². The molecule has 1 aromatic heterocycles. The molecule has 0 unspecified atom stereocenters. The summed E-state index contributed by atoms with van der Waals surface area (Å²) < 4.78 is 5.68. The molecule has 17 heavy (non-hydrogen) atoms. The van der Waals surface area contributed by atoms with E-state index in [1.165, 1.54) is 0 Å². The van der Waals surface area contributed by atoms with Crippen LogP contribution in [0.3, 0.4) is 0 Å². The second kappa shape index (κ2) is 5.06. The van der Waals surface area contributed by atoms with Crippen LogP contribution in [0.15, 0.2) is 36.5 Å². The van der Waals surface area contributed by atoms with Gasteiger partial charge in [-0.25, -0.2) is 4.98 Å². The Labute approximate surface area is 105 Å². The van der Waals surface area contributed by atoms with E-state index < -0.39 is 0 Å². The van der Waals surface area contributed by atoms with Crippen LogP contribution in [0, 0.1) is 6.92 Å². The number of hydrogen-bond acceptors (Lipinski definition) is 3. The molecule has 0 radical (unpaired) electrons. The number of nitrogen functional groups attached to an aromatic ring is 1. The molecular weight excluding hydrogens is 236 g/mol. The molecule has 0 aliphatic carbocycles. The van der Waals surface area contributed by atoms with Crippen molar-refractivity contribution in [3.05, 3.63) is 52.8 Å². The van der Waals surface area contributed by atoms with Gasteiger partial charge in [-0.1, -0.05) is 17.7 Å². The number of ether oxygens (including phenoxy) is 1. The van der Waals surface area contributed by atoms with E-state index in [-0.39, 0.29) is 0 Å². The summed E-state index contributed by atoms with van der Waals surface area (Å²) in [5.74, 6) is 0.805. The standard InChI is InChI=1S/C13H13ClN2O/c1-9-7-11(15)4-5-12(9)17-8-10-3-2-6-16-13(10)14/h2-7H,8,15H2,1H3. The maximum absolute atomic E-state index is 5.94. The lowest BCUT2D eigenvalue weighted by Gasteiger charge is -2.10. The number of benzene rings is 1. The van der Waals surface area contributed by atoms with Crippen LogP contribution in [-0.2, 0) is 6.61 Å². The fourth-order valence-electron chi connectivity index (χ4n) is 1.52. The molecule has 0 atom stereocenters. The van der Waals surface area contributed by atoms with Crippen LogP contribution in [0.5, 0.6) is 5.75 Å². The minimum Gasteiger partial charge on any atom is -0.489 e. The van der Waals surface area contributed by atoms with Gasteiger partial charge in [-0.05, 0) is 36.8 Å². The lowest BCUT2D eigenvalue weighted by atomic mass is 10.2. The van der Waals surface area contributed by atoms with Gasteiger partial charge in [0.05, 0.1) is 0 Å². The highest BCUT2D eigenvalue weighted by Gasteiger charge is 2.03. The highest BCUT2D eigenvalue weighted by atomic mass is 35.5. The fourth-order valence-corrected chi connectivity index (χ4v) is 1.69. The van der Waals surface area contributed by atoms with Crippen molar-refractivity contribution in [1.82, 2.24) is 4.98 Å². The van der Waals surface area contributed by atoms with Crippen LogP contribution in [0.4, 0.5) is 5.69 Å². The molecule has 0 fully saturated rings. The van der Waals surface area contributed by atoms with Crippen molar-refractivity contribution in [1.29, 1.82) is 0 Å². The molecule has 0 aliphatic heterocycles. The number of nitrogens with two attached hydrogens (primary N) is 1. The molecule has 2 N–H and O–H groups in total. The van der Waals surface area contributed by atoms with E-state index in [4.69, 9.17) is 22.1 Å². The van der Waals surface area contributed by atoms with Gasteiger partial charge >= 0.3 is 0 Å². The average molecular weight is 249 g/mol. The Morgan fingerprint density at radius 1 is 1.35 bits per heavy atom. The van der Waals surface area contributed by atoms with Gasteiger partial charge in [0.25, 0.3) is 0 Å². The summed E-state index contributed by atoms with van der Waals surface area (Å²) in [6, 6.07) is 9.27. The topological polar surface area (TPSA) is 48.1 Å². The van der Waals surface area contributed by atoms with E-state index in [0.717, 1.165) is 22.6 Å². The zero-order valence-electron chi connectivity index (χ0n) is 9.48. The summed E-state index contributed by atoms with van der Waals surface area (Å²) in [5, 5.41) is 0.473. The summed E-state index contributed by atoms with van der Waals surface area (Å²) in [5.41, 5.74) is 8.27. The van der Waals surface area contributed by atoms with Crippen molar-refractivity contribution in [2.45, 2.75) is 13.5 Å². The first-order valence-corrected chi connectivity index (χ1v) is 5.63. The molecule has 0 aliphatic rings. The third-order valence-corrected chi connectivity index (χ3v) is 2.76. The van der Waals surface area contributed by atoms with Crippen LogP contribution in [-0.4, -0.2) is 4.98 Å². The Hall–Kier alpha value is -1.74. The number of pyridine rings is 1. The number of aryl methyl sites for hydroxylation is 1. The number of hydrogen-bond donors (Lipinski definition) is 1. The SMILES string of the molecule is Cc1cc(N)ccc1OCc1cccnc1Cl. The van der Waals surface area contributed by atoms with Crippen molar-refractivity contribution in [2.75, 3.05) is 5.73 Å². The molecule has 2 rings (SSSR count). The Balaban J connectivity index is 2.10. The van der Waals surface area contributed by atoms with Crippen molar-refractivity contribution >= 4 is 17.3 Å². The summed E-state index contributed by atoms with van der Waals surface area (Å²) in [4.78, 5) is 3.99. The first-order valence-electron chi connectivity index (χ1n) is 5.25. The highest BCUT2D eigenvalue weighted by molar-refractivity contribution is 6.30. The molecule has 2 aromatic rings. The molecular formula is C13H13ClN2O. The molecule has 0 bridgehead atoms. The van der Waals surface area contributed by atoms with Gasteiger partial charge in [-0.2, -0.15) is 0 Å². The lowest BCUT2D eigenvalue weighted by Crippen LogP contribution is -1.99. The molecule has 0 saturated carbocycles. The van der Waals surface area contributed by atoms with Crippen molar-refractivity contribution in [2.24, 2.45) is 0 Å². The van der Waals surface area contributed by atoms with Crippen LogP contribution < -0.4 is 10.5 Å². The number of halogens is 1. The maximum atomic E-state index is 5.94. The van der Waals surface area contributed by atoms with Crippen LogP contribution >= 0.6 is 11.6 Å². The zero-order chi connectivity index (χ0) is 12.3. The first-order chi connectivity index (χ1) is 8.16. The summed E-state index contributed by atoms with van der Waals surface area (Å²) in [6.07, 6.45) is 1.65. The van der Waals surface area contributed by atoms with Gasteiger partial charge in [0.2, 0.25) is 0 Å². The predicted molar refractivity (Wildman–Crippen MR) is 69.2 cm³/mol. The number of nitrogens with zero attached hydrogens (tertiary/aromatic N) is 1. The molecule has 3 nitrogen and oxygen atoms in total. The van der Waals surface area contributed by atoms with Gasteiger partial charge in [-0.15, -0.1) is 0 Å². The van der Waals surface area contributed by atoms with Crippen molar-refractivity contribution < 1.29 is 4.74 Å². The third kappa shape index (κ3) is 2.88. The normalized spacial score (nSPS) is 10.2. The Bertz CT molecular complexity index is 529. The van der Waals surface area contributed by atoms with Gasteiger partial charge in [-0.3, -0.25) is 0 Å². The predicted octanol–water partition coefficient (Wildman–Crippen LogP) is 3.20. The minimum absolute atomic E-state index is 0.400. The summed E-state index contributed by atoms with van der Waals surface area (Å²) >= 11 is 5.94. The molecule has 0 amide bonds. The first kappa shape index (κ1) is 11.7. The second-order valence-electron chi connectivity index (χ2n) is 3.77. The van der Waals surface area contributed by atoms with Crippen LogP contribution in [0.1, 0.15) is 11.1 Å². The molecule has 0 saturated heterocycles. The van der Waals surface area contributed by atoms with E-state index in [2.05, 4.69) is 4.98 Å². The molecule has 1 aromatic carbocycles. The quantitative estimate of drug-likeness (QED) is 0.670. The Morgan fingerprint density at radius 2 is 2.18 bits per heavy atom. The number of rotatable bonds is 3. The van der Waals surface area contributed by atoms with Gasteiger partial charge < -0.3 is 10.5 Å². The Morgan fingerprint density at radius 3 is 2.88 bits per heavy atom.